The van der Waals surface area contributed by atoms with Gasteiger partial charge in [0, 0.05) is 24.5 Å². The Kier molecular flexibility index (Phi) is 5.77. The highest BCUT2D eigenvalue weighted by molar-refractivity contribution is 7.13. The van der Waals surface area contributed by atoms with Gasteiger partial charge in [-0.25, -0.2) is 4.98 Å². The summed E-state index contributed by atoms with van der Waals surface area (Å²) in [6.45, 7) is 2.88. The molecule has 1 heterocycles. The zero-order chi connectivity index (χ0) is 15.9. The molecule has 2 N–H and O–H groups in total. The van der Waals surface area contributed by atoms with Crippen molar-refractivity contribution in [3.8, 4) is 17.0 Å². The lowest BCUT2D eigenvalue weighted by atomic mass is 10.1. The molecule has 0 saturated heterocycles. The van der Waals surface area contributed by atoms with E-state index >= 15 is 0 Å². The van der Waals surface area contributed by atoms with Gasteiger partial charge in [0.1, 0.15) is 5.75 Å². The van der Waals surface area contributed by atoms with Gasteiger partial charge in [-0.1, -0.05) is 25.5 Å². The second-order valence-corrected chi connectivity index (χ2v) is 5.91. The maximum atomic E-state index is 12.0. The van der Waals surface area contributed by atoms with Crippen molar-refractivity contribution in [3.63, 3.8) is 0 Å². The van der Waals surface area contributed by atoms with Crippen LogP contribution in [0, 0.1) is 0 Å². The molecule has 2 rings (SSSR count). The van der Waals surface area contributed by atoms with E-state index in [1.807, 2.05) is 29.6 Å². The molecule has 0 saturated carbocycles. The van der Waals surface area contributed by atoms with Gasteiger partial charge in [-0.15, -0.1) is 11.3 Å². The number of hydrogen-bond acceptors (Lipinski definition) is 5. The van der Waals surface area contributed by atoms with Crippen molar-refractivity contribution in [2.24, 2.45) is 0 Å². The second-order valence-electron chi connectivity index (χ2n) is 5.02. The van der Waals surface area contributed by atoms with Crippen molar-refractivity contribution in [2.45, 2.75) is 19.8 Å². The molecule has 0 fully saturated rings. The molecule has 2 aromatic rings. The lowest BCUT2D eigenvalue weighted by Gasteiger charge is -2.17. The molecule has 1 aromatic carbocycles. The molecule has 1 aromatic heterocycles. The van der Waals surface area contributed by atoms with Crippen LogP contribution in [0.1, 0.15) is 19.8 Å². The third-order valence-electron chi connectivity index (χ3n) is 3.31. The van der Waals surface area contributed by atoms with Gasteiger partial charge in [-0.2, -0.15) is 0 Å². The van der Waals surface area contributed by atoms with Crippen LogP contribution in [-0.2, 0) is 4.79 Å². The summed E-state index contributed by atoms with van der Waals surface area (Å²) >= 11 is 1.38. The average molecular weight is 319 g/mol. The van der Waals surface area contributed by atoms with Crippen LogP contribution in [-0.4, -0.2) is 36.0 Å². The molecule has 118 valence electrons. The Balaban J connectivity index is 2.03. The molecule has 0 spiro atoms. The number of nitrogen functional groups attached to an aromatic ring is 1. The summed E-state index contributed by atoms with van der Waals surface area (Å²) in [7, 11) is 1.80. The zero-order valence-electron chi connectivity index (χ0n) is 12.9. The van der Waals surface area contributed by atoms with Crippen LogP contribution in [0.2, 0.25) is 0 Å². The van der Waals surface area contributed by atoms with Crippen LogP contribution in [0.4, 0.5) is 5.13 Å². The second kappa shape index (κ2) is 7.79. The van der Waals surface area contributed by atoms with Crippen LogP contribution >= 0.6 is 11.3 Å². The number of nitrogens with two attached hydrogens (primary N) is 1. The summed E-state index contributed by atoms with van der Waals surface area (Å²) in [5.41, 5.74) is 7.30. The largest absolute Gasteiger partial charge is 0.483 e. The van der Waals surface area contributed by atoms with Crippen molar-refractivity contribution >= 4 is 22.4 Å². The number of aromatic nitrogens is 1. The predicted octanol–water partition coefficient (Wildman–Crippen LogP) is 3.03. The first kappa shape index (κ1) is 16.3. The van der Waals surface area contributed by atoms with E-state index in [0.717, 1.165) is 30.6 Å². The maximum Gasteiger partial charge on any atom is 0.260 e. The Bertz CT molecular complexity index is 627. The molecule has 5 nitrogen and oxygen atoms in total. The number of carbonyl (C=O) groups is 1. The van der Waals surface area contributed by atoms with Gasteiger partial charge in [-0.3, -0.25) is 4.79 Å². The quantitative estimate of drug-likeness (QED) is 0.851. The summed E-state index contributed by atoms with van der Waals surface area (Å²) in [5.74, 6) is 0.617. The molecule has 0 aliphatic carbocycles. The highest BCUT2D eigenvalue weighted by atomic mass is 32.1. The summed E-state index contributed by atoms with van der Waals surface area (Å²) in [6, 6.07) is 7.53. The summed E-state index contributed by atoms with van der Waals surface area (Å²) < 4.78 is 5.70. The Morgan fingerprint density at radius 2 is 2.18 bits per heavy atom. The fraction of sp³-hybridized carbons (Fsp3) is 0.375. The van der Waals surface area contributed by atoms with Crippen molar-refractivity contribution in [1.82, 2.24) is 9.88 Å². The van der Waals surface area contributed by atoms with Gasteiger partial charge >= 0.3 is 0 Å². The first-order chi connectivity index (χ1) is 10.6. The standard InChI is InChI=1S/C16H21N3O2S/c1-3-4-9-19(2)15(20)10-21-14-8-6-5-7-12(14)13-11-22-16(17)18-13/h5-8,11H,3-4,9-10H2,1-2H3,(H2,17,18). The number of carbonyl (C=O) groups excluding carboxylic acids is 1. The molecule has 0 unspecified atom stereocenters. The molecular formula is C16H21N3O2S. The van der Waals surface area contributed by atoms with Crippen molar-refractivity contribution in [1.29, 1.82) is 0 Å². The van der Waals surface area contributed by atoms with Crippen LogP contribution in [0.3, 0.4) is 0 Å². The van der Waals surface area contributed by atoms with Crippen molar-refractivity contribution < 1.29 is 9.53 Å². The molecule has 0 radical (unpaired) electrons. The maximum absolute atomic E-state index is 12.0. The van der Waals surface area contributed by atoms with E-state index in [0.29, 0.717) is 10.9 Å². The predicted molar refractivity (Wildman–Crippen MR) is 90.0 cm³/mol. The highest BCUT2D eigenvalue weighted by Crippen LogP contribution is 2.31. The van der Waals surface area contributed by atoms with Crippen LogP contribution in [0.25, 0.3) is 11.3 Å². The number of unbranched alkanes of at least 4 members (excludes halogenated alkanes) is 1. The lowest BCUT2D eigenvalue weighted by Crippen LogP contribution is -2.32. The number of para-hydroxylation sites is 1. The van der Waals surface area contributed by atoms with Gasteiger partial charge in [0.15, 0.2) is 11.7 Å². The number of likely N-dealkylation sites (N-methyl/N-ethyl adjacent to an activating group) is 1. The van der Waals surface area contributed by atoms with Crippen molar-refractivity contribution in [2.75, 3.05) is 25.9 Å². The number of nitrogens with zero attached hydrogens (tertiary/aromatic N) is 2. The molecule has 0 aliphatic rings. The fourth-order valence-corrected chi connectivity index (χ4v) is 2.55. The van der Waals surface area contributed by atoms with Crippen LogP contribution < -0.4 is 10.5 Å². The van der Waals surface area contributed by atoms with E-state index in [4.69, 9.17) is 10.5 Å². The van der Waals surface area contributed by atoms with E-state index < -0.39 is 0 Å². The van der Waals surface area contributed by atoms with Gasteiger partial charge in [0.05, 0.1) is 5.69 Å². The summed E-state index contributed by atoms with van der Waals surface area (Å²) in [6.07, 6.45) is 2.06. The Morgan fingerprint density at radius 1 is 1.41 bits per heavy atom. The Morgan fingerprint density at radius 3 is 2.86 bits per heavy atom. The average Bonchev–Trinajstić information content (AvgIpc) is 2.96. The number of anilines is 1. The van der Waals surface area contributed by atoms with E-state index in [2.05, 4.69) is 11.9 Å². The number of amides is 1. The fourth-order valence-electron chi connectivity index (χ4n) is 1.99. The van der Waals surface area contributed by atoms with Gasteiger partial charge in [0.25, 0.3) is 5.91 Å². The Hall–Kier alpha value is -2.08. The lowest BCUT2D eigenvalue weighted by molar-refractivity contribution is -0.132. The van der Waals surface area contributed by atoms with Crippen LogP contribution in [0.5, 0.6) is 5.75 Å². The van der Waals surface area contributed by atoms with E-state index in [-0.39, 0.29) is 12.5 Å². The first-order valence-corrected chi connectivity index (χ1v) is 8.17. The SMILES string of the molecule is CCCCN(C)C(=O)COc1ccccc1-c1csc(N)n1. The third kappa shape index (κ3) is 4.21. The van der Waals surface area contributed by atoms with E-state index in [9.17, 15) is 4.79 Å². The van der Waals surface area contributed by atoms with Crippen LogP contribution in [0.15, 0.2) is 29.6 Å². The smallest absolute Gasteiger partial charge is 0.260 e. The number of rotatable bonds is 7. The minimum Gasteiger partial charge on any atom is -0.483 e. The van der Waals surface area contributed by atoms with Gasteiger partial charge in [0.2, 0.25) is 0 Å². The molecule has 0 aliphatic heterocycles. The number of thiazole rings is 1. The van der Waals surface area contributed by atoms with E-state index in [1.165, 1.54) is 11.3 Å². The Labute approximate surface area is 134 Å². The molecule has 0 atom stereocenters. The number of ether oxygens (including phenoxy) is 1. The minimum absolute atomic E-state index is 0.0246. The summed E-state index contributed by atoms with van der Waals surface area (Å²) in [4.78, 5) is 18.0. The first-order valence-electron chi connectivity index (χ1n) is 7.29. The van der Waals surface area contributed by atoms with Gasteiger partial charge in [-0.05, 0) is 18.6 Å². The third-order valence-corrected chi connectivity index (χ3v) is 3.98. The minimum atomic E-state index is -0.0268. The van der Waals surface area contributed by atoms with E-state index in [1.54, 1.807) is 11.9 Å². The highest BCUT2D eigenvalue weighted by Gasteiger charge is 2.13. The van der Waals surface area contributed by atoms with Crippen molar-refractivity contribution in [3.05, 3.63) is 29.6 Å². The number of hydrogen-bond donors (Lipinski definition) is 1. The molecule has 22 heavy (non-hydrogen) atoms. The molecule has 0 bridgehead atoms. The number of benzene rings is 1. The summed E-state index contributed by atoms with van der Waals surface area (Å²) in [5, 5.41) is 2.40. The topological polar surface area (TPSA) is 68.5 Å². The normalized spacial score (nSPS) is 10.5. The molecule has 6 heteroatoms. The zero-order valence-corrected chi connectivity index (χ0v) is 13.7. The monoisotopic (exact) mass is 319 g/mol. The molecule has 1 amide bonds. The van der Waals surface area contributed by atoms with Gasteiger partial charge < -0.3 is 15.4 Å². The molecular weight excluding hydrogens is 298 g/mol.